The standard InChI is InChI=1S/C21H38O6/c1-4-7-8-9-10-11-12-13-14-15-21(24)26-17-18(27-20(23)6-3)16-25-19(22)5-2/h18H,4-17H2,1-3H3. The highest BCUT2D eigenvalue weighted by Gasteiger charge is 2.18. The monoisotopic (exact) mass is 386 g/mol. The van der Waals surface area contributed by atoms with E-state index < -0.39 is 12.1 Å². The third kappa shape index (κ3) is 16.3. The van der Waals surface area contributed by atoms with E-state index in [0.717, 1.165) is 19.3 Å². The first-order chi connectivity index (χ1) is 13.0. The van der Waals surface area contributed by atoms with Gasteiger partial charge in [-0.25, -0.2) is 0 Å². The number of ether oxygens (including phenoxy) is 3. The average molecular weight is 387 g/mol. The van der Waals surface area contributed by atoms with Crippen molar-refractivity contribution in [2.45, 2.75) is 104 Å². The summed E-state index contributed by atoms with van der Waals surface area (Å²) in [5, 5.41) is 0. The second kappa shape index (κ2) is 17.8. The summed E-state index contributed by atoms with van der Waals surface area (Å²) in [4.78, 5) is 34.5. The molecule has 0 saturated heterocycles. The molecular formula is C21H38O6. The van der Waals surface area contributed by atoms with Crippen LogP contribution in [0.3, 0.4) is 0 Å². The Morgan fingerprint density at radius 1 is 0.630 bits per heavy atom. The summed E-state index contributed by atoms with van der Waals surface area (Å²) in [6, 6.07) is 0. The van der Waals surface area contributed by atoms with Gasteiger partial charge in [0.2, 0.25) is 0 Å². The van der Waals surface area contributed by atoms with E-state index in [0.29, 0.717) is 6.42 Å². The minimum atomic E-state index is -0.750. The van der Waals surface area contributed by atoms with Crippen LogP contribution in [0, 0.1) is 0 Å². The first-order valence-corrected chi connectivity index (χ1v) is 10.5. The molecule has 0 saturated carbocycles. The number of hydrogen-bond acceptors (Lipinski definition) is 6. The maximum Gasteiger partial charge on any atom is 0.306 e. The van der Waals surface area contributed by atoms with Gasteiger partial charge >= 0.3 is 17.9 Å². The average Bonchev–Trinajstić information content (AvgIpc) is 2.68. The molecule has 0 amide bonds. The number of esters is 3. The summed E-state index contributed by atoms with van der Waals surface area (Å²) in [5.74, 6) is -1.10. The van der Waals surface area contributed by atoms with Crippen molar-refractivity contribution in [3.8, 4) is 0 Å². The smallest absolute Gasteiger partial charge is 0.306 e. The van der Waals surface area contributed by atoms with E-state index in [1.807, 2.05) is 0 Å². The number of unbranched alkanes of at least 4 members (excludes halogenated alkanes) is 8. The lowest BCUT2D eigenvalue weighted by Crippen LogP contribution is -2.30. The maximum atomic E-state index is 11.8. The van der Waals surface area contributed by atoms with Gasteiger partial charge in [-0.05, 0) is 6.42 Å². The number of rotatable bonds is 17. The molecule has 0 heterocycles. The van der Waals surface area contributed by atoms with Crippen molar-refractivity contribution in [1.82, 2.24) is 0 Å². The first-order valence-electron chi connectivity index (χ1n) is 10.5. The summed E-state index contributed by atoms with van der Waals surface area (Å²) in [6.45, 7) is 5.39. The molecule has 0 aromatic carbocycles. The minimum Gasteiger partial charge on any atom is -0.462 e. The zero-order valence-electron chi connectivity index (χ0n) is 17.4. The Kier molecular flexibility index (Phi) is 16.8. The van der Waals surface area contributed by atoms with Gasteiger partial charge in [0.1, 0.15) is 13.2 Å². The molecule has 0 N–H and O–H groups in total. The van der Waals surface area contributed by atoms with Gasteiger partial charge in [0.05, 0.1) is 0 Å². The molecule has 0 aromatic rings. The predicted molar refractivity (Wildman–Crippen MR) is 104 cm³/mol. The third-order valence-electron chi connectivity index (χ3n) is 4.22. The van der Waals surface area contributed by atoms with Crippen LogP contribution in [0.2, 0.25) is 0 Å². The normalized spacial score (nSPS) is 11.7. The number of hydrogen-bond donors (Lipinski definition) is 0. The van der Waals surface area contributed by atoms with Crippen LogP contribution >= 0.6 is 0 Å². The fraction of sp³-hybridized carbons (Fsp3) is 0.857. The van der Waals surface area contributed by atoms with Gasteiger partial charge < -0.3 is 14.2 Å². The van der Waals surface area contributed by atoms with Crippen molar-refractivity contribution < 1.29 is 28.6 Å². The van der Waals surface area contributed by atoms with E-state index in [-0.39, 0.29) is 38.0 Å². The molecule has 1 unspecified atom stereocenters. The van der Waals surface area contributed by atoms with Crippen LogP contribution < -0.4 is 0 Å². The molecule has 0 aliphatic heterocycles. The molecule has 6 heteroatoms. The Bertz CT molecular complexity index is 407. The first kappa shape index (κ1) is 25.4. The number of carbonyl (C=O) groups excluding carboxylic acids is 3. The van der Waals surface area contributed by atoms with Gasteiger partial charge in [-0.1, -0.05) is 72.1 Å². The predicted octanol–water partition coefficient (Wildman–Crippen LogP) is 4.73. The molecule has 27 heavy (non-hydrogen) atoms. The Hall–Kier alpha value is -1.59. The Morgan fingerprint density at radius 3 is 1.63 bits per heavy atom. The Labute approximate surface area is 164 Å². The second-order valence-electron chi connectivity index (χ2n) is 6.76. The van der Waals surface area contributed by atoms with Crippen LogP contribution in [0.1, 0.15) is 97.8 Å². The molecule has 0 aliphatic carbocycles. The molecule has 0 radical (unpaired) electrons. The molecule has 6 nitrogen and oxygen atoms in total. The highest BCUT2D eigenvalue weighted by Crippen LogP contribution is 2.11. The minimum absolute atomic E-state index is 0.0843. The van der Waals surface area contributed by atoms with Gasteiger partial charge in [0.15, 0.2) is 6.10 Å². The molecule has 158 valence electrons. The van der Waals surface area contributed by atoms with Crippen molar-refractivity contribution in [2.75, 3.05) is 13.2 Å². The summed E-state index contributed by atoms with van der Waals surface area (Å²) in [7, 11) is 0. The van der Waals surface area contributed by atoms with Gasteiger partial charge in [-0.15, -0.1) is 0 Å². The number of carbonyl (C=O) groups is 3. The summed E-state index contributed by atoms with van der Waals surface area (Å²) < 4.78 is 15.3. The van der Waals surface area contributed by atoms with Crippen molar-refractivity contribution in [3.05, 3.63) is 0 Å². The van der Waals surface area contributed by atoms with Crippen molar-refractivity contribution in [2.24, 2.45) is 0 Å². The van der Waals surface area contributed by atoms with E-state index in [4.69, 9.17) is 14.2 Å². The van der Waals surface area contributed by atoms with Crippen LogP contribution in [0.25, 0.3) is 0 Å². The van der Waals surface area contributed by atoms with E-state index in [9.17, 15) is 14.4 Å². The zero-order valence-corrected chi connectivity index (χ0v) is 17.4. The molecule has 0 aliphatic rings. The van der Waals surface area contributed by atoms with Gasteiger partial charge in [0.25, 0.3) is 0 Å². The lowest BCUT2D eigenvalue weighted by molar-refractivity contribution is -0.166. The van der Waals surface area contributed by atoms with Crippen LogP contribution in [0.4, 0.5) is 0 Å². The summed E-state index contributed by atoms with van der Waals surface area (Å²) in [5.41, 5.74) is 0. The summed E-state index contributed by atoms with van der Waals surface area (Å²) >= 11 is 0. The van der Waals surface area contributed by atoms with Crippen LogP contribution in [-0.2, 0) is 28.6 Å². The maximum absolute atomic E-state index is 11.8. The quantitative estimate of drug-likeness (QED) is 0.204. The van der Waals surface area contributed by atoms with Crippen LogP contribution in [0.5, 0.6) is 0 Å². The largest absolute Gasteiger partial charge is 0.462 e. The van der Waals surface area contributed by atoms with Crippen molar-refractivity contribution in [1.29, 1.82) is 0 Å². The molecular weight excluding hydrogens is 348 g/mol. The SMILES string of the molecule is CCCCCCCCCCCC(=O)OCC(COC(=O)CC)OC(=O)CC. The Balaban J connectivity index is 3.87. The highest BCUT2D eigenvalue weighted by molar-refractivity contribution is 5.70. The second-order valence-corrected chi connectivity index (χ2v) is 6.76. The molecule has 0 aromatic heterocycles. The Morgan fingerprint density at radius 2 is 1.11 bits per heavy atom. The topological polar surface area (TPSA) is 78.9 Å². The lowest BCUT2D eigenvalue weighted by atomic mass is 10.1. The molecule has 0 spiro atoms. The van der Waals surface area contributed by atoms with Crippen LogP contribution in [0.15, 0.2) is 0 Å². The zero-order chi connectivity index (χ0) is 20.3. The molecule has 0 bridgehead atoms. The van der Waals surface area contributed by atoms with Crippen LogP contribution in [-0.4, -0.2) is 37.2 Å². The van der Waals surface area contributed by atoms with Gasteiger partial charge in [0, 0.05) is 19.3 Å². The van der Waals surface area contributed by atoms with E-state index >= 15 is 0 Å². The van der Waals surface area contributed by atoms with E-state index in [2.05, 4.69) is 6.92 Å². The van der Waals surface area contributed by atoms with E-state index in [1.54, 1.807) is 13.8 Å². The fourth-order valence-corrected chi connectivity index (χ4v) is 2.51. The highest BCUT2D eigenvalue weighted by atomic mass is 16.6. The molecule has 0 fully saturated rings. The van der Waals surface area contributed by atoms with E-state index in [1.165, 1.54) is 38.5 Å². The van der Waals surface area contributed by atoms with Crippen molar-refractivity contribution >= 4 is 17.9 Å². The van der Waals surface area contributed by atoms with Gasteiger partial charge in [-0.3, -0.25) is 14.4 Å². The fourth-order valence-electron chi connectivity index (χ4n) is 2.51. The van der Waals surface area contributed by atoms with Crippen molar-refractivity contribution in [3.63, 3.8) is 0 Å². The lowest BCUT2D eigenvalue weighted by Gasteiger charge is -2.17. The van der Waals surface area contributed by atoms with Gasteiger partial charge in [-0.2, -0.15) is 0 Å². The third-order valence-corrected chi connectivity index (χ3v) is 4.22. The summed E-state index contributed by atoms with van der Waals surface area (Å²) in [6.07, 6.45) is 10.7. The molecule has 1 atom stereocenters. The molecule has 0 rings (SSSR count).